The highest BCUT2D eigenvalue weighted by atomic mass is 16.4. The molecule has 1 aromatic heterocycles. The molecule has 0 aliphatic rings. The van der Waals surface area contributed by atoms with E-state index in [1.807, 2.05) is 19.3 Å². The molecule has 0 bridgehead atoms. The summed E-state index contributed by atoms with van der Waals surface area (Å²) in [5.41, 5.74) is 0. The Bertz CT molecular complexity index is 131. The SMILES string of the molecule is Cn1cccn1.OBO. The van der Waals surface area contributed by atoms with Crippen LogP contribution in [0.3, 0.4) is 0 Å². The Hall–Kier alpha value is -0.805. The average Bonchev–Trinajstić information content (AvgIpc) is 2.20. The van der Waals surface area contributed by atoms with Gasteiger partial charge in [-0.25, -0.2) is 0 Å². The number of nitrogens with zero attached hydrogens (tertiary/aromatic N) is 2. The third-order valence-electron chi connectivity index (χ3n) is 0.637. The second kappa shape index (κ2) is 5.33. The largest absolute Gasteiger partial charge is 0.432 e. The van der Waals surface area contributed by atoms with Gasteiger partial charge in [0.25, 0.3) is 0 Å². The van der Waals surface area contributed by atoms with E-state index >= 15 is 0 Å². The topological polar surface area (TPSA) is 58.3 Å². The Labute approximate surface area is 54.1 Å². The fourth-order valence-electron chi connectivity index (χ4n) is 0.345. The van der Waals surface area contributed by atoms with Crippen LogP contribution in [0.1, 0.15) is 0 Å². The summed E-state index contributed by atoms with van der Waals surface area (Å²) >= 11 is 0. The molecule has 0 radical (unpaired) electrons. The van der Waals surface area contributed by atoms with Crippen molar-refractivity contribution in [1.29, 1.82) is 0 Å². The van der Waals surface area contributed by atoms with E-state index < -0.39 is 7.69 Å². The van der Waals surface area contributed by atoms with Gasteiger partial charge in [-0.3, -0.25) is 4.68 Å². The molecule has 1 rings (SSSR count). The quantitative estimate of drug-likeness (QED) is 0.425. The molecule has 1 heterocycles. The Morgan fingerprint density at radius 2 is 2.11 bits per heavy atom. The number of rotatable bonds is 0. The Morgan fingerprint density at radius 3 is 2.22 bits per heavy atom. The molecule has 2 N–H and O–H groups in total. The van der Waals surface area contributed by atoms with Crippen LogP contribution in [-0.4, -0.2) is 27.5 Å². The molecule has 5 heteroatoms. The predicted molar refractivity (Wildman–Crippen MR) is 34.8 cm³/mol. The molecular formula is C4H9BN2O2. The van der Waals surface area contributed by atoms with Crippen LogP contribution in [0.5, 0.6) is 0 Å². The van der Waals surface area contributed by atoms with Crippen molar-refractivity contribution >= 4 is 7.69 Å². The zero-order valence-corrected chi connectivity index (χ0v) is 5.23. The molecule has 0 aliphatic carbocycles. The summed E-state index contributed by atoms with van der Waals surface area (Å²) in [7, 11) is 1.14. The summed E-state index contributed by atoms with van der Waals surface area (Å²) in [4.78, 5) is 0. The van der Waals surface area contributed by atoms with Gasteiger partial charge in [-0.2, -0.15) is 5.10 Å². The minimum Gasteiger partial charge on any atom is -0.430 e. The molecule has 0 spiro atoms. The molecule has 0 fully saturated rings. The van der Waals surface area contributed by atoms with E-state index in [2.05, 4.69) is 5.10 Å². The highest BCUT2D eigenvalue weighted by molar-refractivity contribution is 6.13. The second-order valence-electron chi connectivity index (χ2n) is 1.32. The average molecular weight is 128 g/mol. The van der Waals surface area contributed by atoms with E-state index in [4.69, 9.17) is 10.0 Å². The molecule has 0 amide bonds. The summed E-state index contributed by atoms with van der Waals surface area (Å²) in [6, 6.07) is 1.89. The maximum absolute atomic E-state index is 7.12. The van der Waals surface area contributed by atoms with Crippen molar-refractivity contribution in [2.24, 2.45) is 7.05 Å². The Morgan fingerprint density at radius 1 is 1.56 bits per heavy atom. The molecule has 0 saturated carbocycles. The van der Waals surface area contributed by atoms with Gasteiger partial charge in [0.2, 0.25) is 0 Å². The molecule has 9 heavy (non-hydrogen) atoms. The second-order valence-corrected chi connectivity index (χ2v) is 1.32. The van der Waals surface area contributed by atoms with Gasteiger partial charge >= 0.3 is 7.69 Å². The zero-order chi connectivity index (χ0) is 7.11. The van der Waals surface area contributed by atoms with Gasteiger partial charge in [-0.15, -0.1) is 0 Å². The van der Waals surface area contributed by atoms with E-state index in [1.165, 1.54) is 0 Å². The summed E-state index contributed by atoms with van der Waals surface area (Å²) < 4.78 is 1.75. The maximum atomic E-state index is 7.12. The fraction of sp³-hybridized carbons (Fsp3) is 0.250. The molecule has 50 valence electrons. The number of aryl methyl sites for hydroxylation is 1. The van der Waals surface area contributed by atoms with Crippen LogP contribution in [0.25, 0.3) is 0 Å². The van der Waals surface area contributed by atoms with Crippen LogP contribution >= 0.6 is 0 Å². The fourth-order valence-corrected chi connectivity index (χ4v) is 0.345. The lowest BCUT2D eigenvalue weighted by Gasteiger charge is -1.77. The predicted octanol–water partition coefficient (Wildman–Crippen LogP) is -1.34. The Balaban J connectivity index is 0.000000187. The normalized spacial score (nSPS) is 7.44. The summed E-state index contributed by atoms with van der Waals surface area (Å²) in [6.45, 7) is 0. The zero-order valence-electron chi connectivity index (χ0n) is 5.23. The van der Waals surface area contributed by atoms with Crippen LogP contribution < -0.4 is 0 Å². The molecule has 0 aliphatic heterocycles. The van der Waals surface area contributed by atoms with E-state index in [0.717, 1.165) is 0 Å². The minimum atomic E-state index is -0.750. The smallest absolute Gasteiger partial charge is 0.430 e. The van der Waals surface area contributed by atoms with Crippen molar-refractivity contribution in [3.05, 3.63) is 18.5 Å². The molecular weight excluding hydrogens is 119 g/mol. The number of hydrogen-bond donors (Lipinski definition) is 2. The maximum Gasteiger partial charge on any atom is 0.432 e. The summed E-state index contributed by atoms with van der Waals surface area (Å²) in [5.74, 6) is 0. The lowest BCUT2D eigenvalue weighted by atomic mass is 10.5. The lowest BCUT2D eigenvalue weighted by molar-refractivity contribution is 0.448. The third kappa shape index (κ3) is 5.06. The van der Waals surface area contributed by atoms with Crippen LogP contribution in [0, 0.1) is 0 Å². The van der Waals surface area contributed by atoms with Crippen molar-refractivity contribution in [3.8, 4) is 0 Å². The standard InChI is InChI=1S/C4H6N2.BH3O2/c1-6-4-2-3-5-6;2-1-3/h2-4H,1H3;1-3H. The summed E-state index contributed by atoms with van der Waals surface area (Å²) in [6.07, 6.45) is 3.64. The Kier molecular flexibility index (Phi) is 4.86. The lowest BCUT2D eigenvalue weighted by Crippen LogP contribution is -1.83. The van der Waals surface area contributed by atoms with E-state index in [-0.39, 0.29) is 0 Å². The first-order valence-electron chi connectivity index (χ1n) is 2.46. The molecule has 4 nitrogen and oxygen atoms in total. The third-order valence-corrected chi connectivity index (χ3v) is 0.637. The number of hydrogen-bond acceptors (Lipinski definition) is 3. The molecule has 0 unspecified atom stereocenters. The van der Waals surface area contributed by atoms with Crippen molar-refractivity contribution < 1.29 is 10.0 Å². The first-order chi connectivity index (χ1) is 4.31. The van der Waals surface area contributed by atoms with Gasteiger partial charge in [0.15, 0.2) is 0 Å². The minimum absolute atomic E-state index is 0.750. The van der Waals surface area contributed by atoms with Gasteiger partial charge < -0.3 is 10.0 Å². The van der Waals surface area contributed by atoms with Gasteiger partial charge in [0, 0.05) is 19.4 Å². The first kappa shape index (κ1) is 8.19. The molecule has 0 saturated heterocycles. The first-order valence-corrected chi connectivity index (χ1v) is 2.46. The highest BCUT2D eigenvalue weighted by Gasteiger charge is 1.69. The van der Waals surface area contributed by atoms with Crippen molar-refractivity contribution in [1.82, 2.24) is 9.78 Å². The monoisotopic (exact) mass is 128 g/mol. The summed E-state index contributed by atoms with van der Waals surface area (Å²) in [5, 5.41) is 18.1. The van der Waals surface area contributed by atoms with Crippen LogP contribution in [0.15, 0.2) is 18.5 Å². The van der Waals surface area contributed by atoms with E-state index in [0.29, 0.717) is 0 Å². The van der Waals surface area contributed by atoms with Crippen LogP contribution in [-0.2, 0) is 7.05 Å². The van der Waals surface area contributed by atoms with Gasteiger partial charge in [0.05, 0.1) is 0 Å². The number of aromatic nitrogens is 2. The molecule has 1 aromatic rings. The van der Waals surface area contributed by atoms with Gasteiger partial charge in [-0.1, -0.05) is 0 Å². The molecule has 0 atom stereocenters. The van der Waals surface area contributed by atoms with Crippen LogP contribution in [0.2, 0.25) is 0 Å². The van der Waals surface area contributed by atoms with Crippen molar-refractivity contribution in [2.45, 2.75) is 0 Å². The highest BCUT2D eigenvalue weighted by Crippen LogP contribution is 1.73. The van der Waals surface area contributed by atoms with Gasteiger partial charge in [0.1, 0.15) is 0 Å². The van der Waals surface area contributed by atoms with Crippen molar-refractivity contribution in [3.63, 3.8) is 0 Å². The van der Waals surface area contributed by atoms with Gasteiger partial charge in [-0.05, 0) is 6.07 Å². The van der Waals surface area contributed by atoms with Crippen molar-refractivity contribution in [2.75, 3.05) is 0 Å². The van der Waals surface area contributed by atoms with E-state index in [9.17, 15) is 0 Å². The van der Waals surface area contributed by atoms with Crippen LogP contribution in [0.4, 0.5) is 0 Å². The van der Waals surface area contributed by atoms with E-state index in [1.54, 1.807) is 10.9 Å². The molecule has 0 aromatic carbocycles.